The molecule has 0 spiro atoms. The van der Waals surface area contributed by atoms with Gasteiger partial charge in [-0.1, -0.05) is 6.07 Å². The molecule has 9 heteroatoms. The van der Waals surface area contributed by atoms with Gasteiger partial charge in [-0.25, -0.2) is 17.7 Å². The van der Waals surface area contributed by atoms with Crippen LogP contribution in [0, 0.1) is 6.92 Å². The minimum atomic E-state index is -3.16. The van der Waals surface area contributed by atoms with Crippen LogP contribution in [0.3, 0.4) is 0 Å². The van der Waals surface area contributed by atoms with Gasteiger partial charge in [0.15, 0.2) is 11.5 Å². The number of benzene rings is 1. The van der Waals surface area contributed by atoms with Crippen LogP contribution in [0.4, 0.5) is 0 Å². The molecule has 0 atom stereocenters. The molecule has 2 aliphatic heterocycles. The fourth-order valence-electron chi connectivity index (χ4n) is 4.30. The Balaban J connectivity index is 1.51. The van der Waals surface area contributed by atoms with Crippen LogP contribution in [-0.2, 0) is 10.0 Å². The lowest BCUT2D eigenvalue weighted by Gasteiger charge is -2.29. The normalized spacial score (nSPS) is 17.1. The first-order valence-electron chi connectivity index (χ1n) is 10.9. The number of sulfonamides is 1. The molecule has 0 amide bonds. The maximum atomic E-state index is 12.2. The van der Waals surface area contributed by atoms with Crippen molar-refractivity contribution in [1.82, 2.24) is 19.3 Å². The zero-order valence-corrected chi connectivity index (χ0v) is 19.0. The van der Waals surface area contributed by atoms with Gasteiger partial charge in [-0.3, -0.25) is 4.98 Å². The Labute approximate surface area is 187 Å². The van der Waals surface area contributed by atoms with Crippen molar-refractivity contribution in [1.29, 1.82) is 0 Å². The number of rotatable bonds is 5. The Hall–Kier alpha value is -2.91. The largest absolute Gasteiger partial charge is 0.454 e. The van der Waals surface area contributed by atoms with Crippen molar-refractivity contribution >= 4 is 10.0 Å². The summed E-state index contributed by atoms with van der Waals surface area (Å²) in [5, 5.41) is 0. The molecule has 3 aromatic rings. The first kappa shape index (κ1) is 21.0. The lowest BCUT2D eigenvalue weighted by molar-refractivity contribution is 0.174. The molecule has 1 aromatic carbocycles. The molecule has 4 heterocycles. The van der Waals surface area contributed by atoms with Gasteiger partial charge in [0.2, 0.25) is 16.8 Å². The summed E-state index contributed by atoms with van der Waals surface area (Å²) in [6.07, 6.45) is 1.46. The van der Waals surface area contributed by atoms with Crippen LogP contribution in [0.2, 0.25) is 0 Å². The molecule has 5 rings (SSSR count). The second kappa shape index (κ2) is 8.22. The number of nitrogens with one attached hydrogen (secondary N) is 1. The van der Waals surface area contributed by atoms with Crippen LogP contribution < -0.4 is 9.47 Å². The van der Waals surface area contributed by atoms with Gasteiger partial charge in [-0.2, -0.15) is 0 Å². The van der Waals surface area contributed by atoms with E-state index in [0.29, 0.717) is 18.8 Å². The molecule has 1 saturated heterocycles. The summed E-state index contributed by atoms with van der Waals surface area (Å²) in [5.41, 5.74) is 4.32. The molecular formula is C23H26N4O4S. The number of aryl methyl sites for hydroxylation is 1. The summed E-state index contributed by atoms with van der Waals surface area (Å²) in [4.78, 5) is 13.2. The Morgan fingerprint density at radius 3 is 2.62 bits per heavy atom. The summed E-state index contributed by atoms with van der Waals surface area (Å²) < 4.78 is 37.1. The Kier molecular flexibility index (Phi) is 5.38. The fraction of sp³-hybridized carbons (Fsp3) is 0.391. The molecule has 2 aliphatic rings. The van der Waals surface area contributed by atoms with Crippen molar-refractivity contribution in [2.75, 3.05) is 25.6 Å². The Bertz CT molecular complexity index is 1250. The molecule has 0 unspecified atom stereocenters. The standard InChI is InChI=1S/C23H26N4O4S/c1-3-32(28,29)27-11-9-16(10-12-27)23-25-21(17-7-8-19-20(13-17)31-14-30-19)22(26-23)18-6-4-5-15(2)24-18/h4-8,13,16H,3,9-12,14H2,1-2H3,(H,25,26). The third-order valence-corrected chi connectivity index (χ3v) is 7.99. The molecule has 168 valence electrons. The van der Waals surface area contributed by atoms with Gasteiger partial charge in [0, 0.05) is 30.3 Å². The topological polar surface area (TPSA) is 97.4 Å². The number of fused-ring (bicyclic) bond motifs is 1. The van der Waals surface area contributed by atoms with E-state index in [1.165, 1.54) is 0 Å². The van der Waals surface area contributed by atoms with Crippen molar-refractivity contribution < 1.29 is 17.9 Å². The van der Waals surface area contributed by atoms with Gasteiger partial charge in [-0.05, 0) is 57.0 Å². The predicted octanol–water partition coefficient (Wildman–Crippen LogP) is 3.70. The summed E-state index contributed by atoms with van der Waals surface area (Å²) in [5.74, 6) is 2.59. The smallest absolute Gasteiger partial charge is 0.231 e. The van der Waals surface area contributed by atoms with Crippen molar-refractivity contribution in [3.05, 3.63) is 47.9 Å². The molecule has 2 aromatic heterocycles. The summed E-state index contributed by atoms with van der Waals surface area (Å²) in [6.45, 7) is 4.89. The highest BCUT2D eigenvalue weighted by Crippen LogP contribution is 2.39. The average molecular weight is 455 g/mol. The Morgan fingerprint density at radius 2 is 1.88 bits per heavy atom. The summed E-state index contributed by atoms with van der Waals surface area (Å²) in [6, 6.07) is 11.7. The lowest BCUT2D eigenvalue weighted by atomic mass is 9.97. The number of aromatic amines is 1. The quantitative estimate of drug-likeness (QED) is 0.631. The minimum Gasteiger partial charge on any atom is -0.454 e. The predicted molar refractivity (Wildman–Crippen MR) is 121 cm³/mol. The molecule has 8 nitrogen and oxygen atoms in total. The fourth-order valence-corrected chi connectivity index (χ4v) is 5.43. The monoisotopic (exact) mass is 454 g/mol. The number of ether oxygens (including phenoxy) is 2. The van der Waals surface area contributed by atoms with Crippen molar-refractivity contribution in [2.45, 2.75) is 32.6 Å². The first-order valence-corrected chi connectivity index (χ1v) is 12.5. The van der Waals surface area contributed by atoms with E-state index in [9.17, 15) is 8.42 Å². The maximum Gasteiger partial charge on any atom is 0.231 e. The van der Waals surface area contributed by atoms with Gasteiger partial charge in [-0.15, -0.1) is 0 Å². The average Bonchev–Trinajstić information content (AvgIpc) is 3.46. The molecule has 0 saturated carbocycles. The number of imidazole rings is 1. The van der Waals surface area contributed by atoms with Crippen LogP contribution >= 0.6 is 0 Å². The van der Waals surface area contributed by atoms with Crippen LogP contribution in [-0.4, -0.2) is 53.3 Å². The van der Waals surface area contributed by atoms with Crippen molar-refractivity contribution in [3.8, 4) is 34.1 Å². The minimum absolute atomic E-state index is 0.135. The lowest BCUT2D eigenvalue weighted by Crippen LogP contribution is -2.38. The number of piperidine rings is 1. The van der Waals surface area contributed by atoms with Crippen LogP contribution in [0.5, 0.6) is 11.5 Å². The van der Waals surface area contributed by atoms with E-state index in [1.807, 2.05) is 43.3 Å². The van der Waals surface area contributed by atoms with E-state index in [2.05, 4.69) is 4.98 Å². The van der Waals surface area contributed by atoms with Crippen LogP contribution in [0.1, 0.15) is 37.2 Å². The zero-order valence-electron chi connectivity index (χ0n) is 18.2. The highest BCUT2D eigenvalue weighted by Gasteiger charge is 2.30. The van der Waals surface area contributed by atoms with Gasteiger partial charge in [0.05, 0.1) is 22.8 Å². The second-order valence-corrected chi connectivity index (χ2v) is 10.4. The number of pyridine rings is 1. The van der Waals surface area contributed by atoms with E-state index >= 15 is 0 Å². The highest BCUT2D eigenvalue weighted by molar-refractivity contribution is 7.89. The second-order valence-electron chi connectivity index (χ2n) is 8.15. The third kappa shape index (κ3) is 3.86. The van der Waals surface area contributed by atoms with Gasteiger partial charge in [0.1, 0.15) is 5.82 Å². The van der Waals surface area contributed by atoms with Crippen molar-refractivity contribution in [2.24, 2.45) is 0 Å². The number of hydrogen-bond acceptors (Lipinski definition) is 6. The highest BCUT2D eigenvalue weighted by atomic mass is 32.2. The number of hydrogen-bond donors (Lipinski definition) is 1. The Morgan fingerprint density at radius 1 is 1.09 bits per heavy atom. The van der Waals surface area contributed by atoms with E-state index in [4.69, 9.17) is 19.4 Å². The SMILES string of the molecule is CCS(=O)(=O)N1CCC(c2nc(-c3ccc4c(c3)OCO4)c(-c3cccc(C)n3)[nH]2)CC1. The van der Waals surface area contributed by atoms with Crippen LogP contribution in [0.15, 0.2) is 36.4 Å². The molecule has 0 bridgehead atoms. The number of nitrogens with zero attached hydrogens (tertiary/aromatic N) is 3. The third-order valence-electron chi connectivity index (χ3n) is 6.11. The van der Waals surface area contributed by atoms with E-state index in [-0.39, 0.29) is 18.5 Å². The van der Waals surface area contributed by atoms with Gasteiger partial charge in [0.25, 0.3) is 0 Å². The molecule has 1 fully saturated rings. The summed E-state index contributed by atoms with van der Waals surface area (Å²) >= 11 is 0. The maximum absolute atomic E-state index is 12.2. The van der Waals surface area contributed by atoms with Crippen molar-refractivity contribution in [3.63, 3.8) is 0 Å². The van der Waals surface area contributed by atoms with Gasteiger partial charge < -0.3 is 14.5 Å². The number of aromatic nitrogens is 3. The first-order chi connectivity index (χ1) is 15.4. The molecule has 32 heavy (non-hydrogen) atoms. The molecule has 0 aliphatic carbocycles. The van der Waals surface area contributed by atoms with Crippen LogP contribution in [0.25, 0.3) is 22.6 Å². The molecule has 0 radical (unpaired) electrons. The van der Waals surface area contributed by atoms with Gasteiger partial charge >= 0.3 is 0 Å². The van der Waals surface area contributed by atoms with E-state index in [0.717, 1.165) is 52.8 Å². The zero-order chi connectivity index (χ0) is 22.3. The molecule has 1 N–H and O–H groups in total. The number of H-pyrrole nitrogens is 1. The van der Waals surface area contributed by atoms with E-state index < -0.39 is 10.0 Å². The van der Waals surface area contributed by atoms with E-state index in [1.54, 1.807) is 11.2 Å². The molecular weight excluding hydrogens is 428 g/mol. The summed E-state index contributed by atoms with van der Waals surface area (Å²) in [7, 11) is -3.16.